The van der Waals surface area contributed by atoms with Crippen LogP contribution in [0.4, 0.5) is 11.4 Å². The summed E-state index contributed by atoms with van der Waals surface area (Å²) in [4.78, 5) is 25.7. The van der Waals surface area contributed by atoms with E-state index in [1.54, 1.807) is 42.5 Å². The number of aromatic nitrogens is 3. The van der Waals surface area contributed by atoms with Gasteiger partial charge >= 0.3 is 0 Å². The summed E-state index contributed by atoms with van der Waals surface area (Å²) in [7, 11) is 0. The van der Waals surface area contributed by atoms with Crippen LogP contribution in [0.2, 0.25) is 0 Å². The van der Waals surface area contributed by atoms with E-state index in [-0.39, 0.29) is 24.4 Å². The molecule has 0 bridgehead atoms. The number of benzene rings is 2. The van der Waals surface area contributed by atoms with Crippen LogP contribution in [0.1, 0.15) is 53.8 Å². The molecule has 2 heterocycles. The molecule has 2 N–H and O–H groups in total. The third-order valence-electron chi connectivity index (χ3n) is 5.95. The van der Waals surface area contributed by atoms with Gasteiger partial charge in [0.1, 0.15) is 5.82 Å². The maximum atomic E-state index is 12.9. The molecule has 6 rings (SSSR count). The topological polar surface area (TPSA) is 107 Å². The maximum absolute atomic E-state index is 12.9. The lowest BCUT2D eigenvalue weighted by molar-refractivity contribution is -0.113. The zero-order valence-electron chi connectivity index (χ0n) is 18.3. The standard InChI is InChI=1S/C24H23N5O4S/c30-21(12-34-24-28-27-22(14-5-6-14)29(24)16-8-9-16)26-18-4-2-1-3-17(18)23(31)25-15-7-10-19-20(11-15)33-13-32-19/h1-4,7,10-11,14,16H,5-6,8-9,12-13H2,(H,25,31)(H,26,30). The van der Waals surface area contributed by atoms with Crippen LogP contribution in [-0.2, 0) is 4.79 Å². The highest BCUT2D eigenvalue weighted by Crippen LogP contribution is 2.46. The predicted octanol–water partition coefficient (Wildman–Crippen LogP) is 4.20. The number of fused-ring (bicyclic) bond motifs is 1. The van der Waals surface area contributed by atoms with Crippen LogP contribution >= 0.6 is 11.8 Å². The average Bonchev–Trinajstić information content (AvgIpc) is 3.78. The molecule has 10 heteroatoms. The molecule has 3 aliphatic rings. The van der Waals surface area contributed by atoms with Gasteiger partial charge in [0.05, 0.1) is 17.0 Å². The van der Waals surface area contributed by atoms with Gasteiger partial charge < -0.3 is 24.7 Å². The summed E-state index contributed by atoms with van der Waals surface area (Å²) in [5.41, 5.74) is 1.40. The van der Waals surface area contributed by atoms with E-state index in [0.717, 1.165) is 23.8 Å². The zero-order chi connectivity index (χ0) is 23.1. The maximum Gasteiger partial charge on any atom is 0.257 e. The van der Waals surface area contributed by atoms with Gasteiger partial charge in [-0.2, -0.15) is 0 Å². The molecule has 2 aromatic carbocycles. The first-order chi connectivity index (χ1) is 16.7. The van der Waals surface area contributed by atoms with Crippen molar-refractivity contribution in [1.82, 2.24) is 14.8 Å². The normalized spacial score (nSPS) is 16.4. The van der Waals surface area contributed by atoms with Crippen molar-refractivity contribution in [3.8, 4) is 11.5 Å². The number of hydrogen-bond donors (Lipinski definition) is 2. The van der Waals surface area contributed by atoms with Crippen molar-refractivity contribution in [3.63, 3.8) is 0 Å². The summed E-state index contributed by atoms with van der Waals surface area (Å²) in [5.74, 6) is 2.47. The van der Waals surface area contributed by atoms with Gasteiger partial charge in [-0.3, -0.25) is 9.59 Å². The van der Waals surface area contributed by atoms with Gasteiger partial charge in [-0.25, -0.2) is 0 Å². The molecule has 0 radical (unpaired) electrons. The number of hydrogen-bond acceptors (Lipinski definition) is 7. The molecular weight excluding hydrogens is 454 g/mol. The lowest BCUT2D eigenvalue weighted by Crippen LogP contribution is -2.19. The molecule has 1 aromatic heterocycles. The van der Waals surface area contributed by atoms with Crippen LogP contribution < -0.4 is 20.1 Å². The van der Waals surface area contributed by atoms with Crippen LogP contribution in [0.3, 0.4) is 0 Å². The van der Waals surface area contributed by atoms with Gasteiger partial charge in [-0.1, -0.05) is 23.9 Å². The first-order valence-corrected chi connectivity index (χ1v) is 12.3. The van der Waals surface area contributed by atoms with E-state index >= 15 is 0 Å². The monoisotopic (exact) mass is 477 g/mol. The number of carbonyl (C=O) groups is 2. The Morgan fingerprint density at radius 1 is 1.00 bits per heavy atom. The second kappa shape index (κ2) is 8.68. The van der Waals surface area contributed by atoms with Crippen LogP contribution in [-0.4, -0.2) is 39.1 Å². The number of anilines is 2. The number of amides is 2. The number of ether oxygens (including phenoxy) is 2. The fraction of sp³-hybridized carbons (Fsp3) is 0.333. The lowest BCUT2D eigenvalue weighted by atomic mass is 10.1. The fourth-order valence-electron chi connectivity index (χ4n) is 3.96. The number of nitrogens with zero attached hydrogens (tertiary/aromatic N) is 3. The van der Waals surface area contributed by atoms with Crippen LogP contribution in [0, 0.1) is 0 Å². The Kier molecular flexibility index (Phi) is 5.37. The highest BCUT2D eigenvalue weighted by molar-refractivity contribution is 7.99. The minimum absolute atomic E-state index is 0.165. The molecule has 9 nitrogen and oxygen atoms in total. The van der Waals surface area contributed by atoms with E-state index < -0.39 is 0 Å². The molecule has 3 aromatic rings. The van der Waals surface area contributed by atoms with Crippen molar-refractivity contribution >= 4 is 35.0 Å². The minimum atomic E-state index is -0.329. The molecule has 34 heavy (non-hydrogen) atoms. The Balaban J connectivity index is 1.11. The lowest BCUT2D eigenvalue weighted by Gasteiger charge is -2.12. The quantitative estimate of drug-likeness (QED) is 0.468. The van der Waals surface area contributed by atoms with E-state index in [1.165, 1.54) is 24.6 Å². The van der Waals surface area contributed by atoms with E-state index in [9.17, 15) is 9.59 Å². The number of thioether (sulfide) groups is 1. The average molecular weight is 478 g/mol. The summed E-state index contributed by atoms with van der Waals surface area (Å²) in [6.07, 6.45) is 4.62. The fourth-order valence-corrected chi connectivity index (χ4v) is 4.77. The van der Waals surface area contributed by atoms with Gasteiger partial charge in [-0.05, 0) is 49.9 Å². The van der Waals surface area contributed by atoms with Crippen LogP contribution in [0.15, 0.2) is 47.6 Å². The van der Waals surface area contributed by atoms with Crippen molar-refractivity contribution in [2.45, 2.75) is 42.8 Å². The Labute approximate surface area is 200 Å². The van der Waals surface area contributed by atoms with Gasteiger partial charge in [0.25, 0.3) is 5.91 Å². The van der Waals surface area contributed by atoms with Crippen molar-refractivity contribution < 1.29 is 19.1 Å². The molecule has 2 fully saturated rings. The minimum Gasteiger partial charge on any atom is -0.454 e. The number of nitrogens with one attached hydrogen (secondary N) is 2. The Hall–Kier alpha value is -3.53. The van der Waals surface area contributed by atoms with E-state index in [4.69, 9.17) is 9.47 Å². The van der Waals surface area contributed by atoms with E-state index in [2.05, 4.69) is 25.4 Å². The highest BCUT2D eigenvalue weighted by Gasteiger charge is 2.36. The van der Waals surface area contributed by atoms with Crippen molar-refractivity contribution in [2.75, 3.05) is 23.2 Å². The Morgan fingerprint density at radius 3 is 2.65 bits per heavy atom. The van der Waals surface area contributed by atoms with Gasteiger partial charge in [0, 0.05) is 23.7 Å². The molecule has 2 aliphatic carbocycles. The van der Waals surface area contributed by atoms with E-state index in [0.29, 0.717) is 40.4 Å². The number of carbonyl (C=O) groups excluding carboxylic acids is 2. The molecule has 0 unspecified atom stereocenters. The van der Waals surface area contributed by atoms with Crippen LogP contribution in [0.5, 0.6) is 11.5 Å². The zero-order valence-corrected chi connectivity index (χ0v) is 19.1. The third-order valence-corrected chi connectivity index (χ3v) is 6.90. The molecule has 2 amide bonds. The summed E-state index contributed by atoms with van der Waals surface area (Å²) >= 11 is 1.39. The summed E-state index contributed by atoms with van der Waals surface area (Å²) in [6, 6.07) is 12.6. The molecule has 2 saturated carbocycles. The largest absolute Gasteiger partial charge is 0.454 e. The highest BCUT2D eigenvalue weighted by atomic mass is 32.2. The first-order valence-electron chi connectivity index (χ1n) is 11.3. The molecular formula is C24H23N5O4S. The molecule has 174 valence electrons. The predicted molar refractivity (Wildman–Crippen MR) is 127 cm³/mol. The Bertz CT molecular complexity index is 1270. The van der Waals surface area contributed by atoms with Crippen LogP contribution in [0.25, 0.3) is 0 Å². The van der Waals surface area contributed by atoms with E-state index in [1.807, 2.05) is 0 Å². The third kappa shape index (κ3) is 4.33. The second-order valence-corrected chi connectivity index (χ2v) is 9.56. The summed E-state index contributed by atoms with van der Waals surface area (Å²) in [6.45, 7) is 0.165. The molecule has 0 saturated heterocycles. The van der Waals surface area contributed by atoms with Gasteiger partial charge in [0.2, 0.25) is 12.7 Å². The smallest absolute Gasteiger partial charge is 0.257 e. The summed E-state index contributed by atoms with van der Waals surface area (Å²) in [5, 5.41) is 15.3. The number of rotatable bonds is 8. The first kappa shape index (κ1) is 21.0. The van der Waals surface area contributed by atoms with Crippen molar-refractivity contribution in [3.05, 3.63) is 53.9 Å². The molecule has 0 spiro atoms. The Morgan fingerprint density at radius 2 is 1.82 bits per heavy atom. The molecule has 1 aliphatic heterocycles. The number of para-hydroxylation sites is 1. The van der Waals surface area contributed by atoms with Crippen molar-refractivity contribution in [2.24, 2.45) is 0 Å². The molecule has 0 atom stereocenters. The SMILES string of the molecule is O=C(CSc1nnc(C2CC2)n1C1CC1)Nc1ccccc1C(=O)Nc1ccc2c(c1)OCO2. The van der Waals surface area contributed by atoms with Crippen molar-refractivity contribution in [1.29, 1.82) is 0 Å². The van der Waals surface area contributed by atoms with Gasteiger partial charge in [0.15, 0.2) is 16.7 Å². The van der Waals surface area contributed by atoms with Gasteiger partial charge in [-0.15, -0.1) is 10.2 Å². The second-order valence-electron chi connectivity index (χ2n) is 8.62. The summed E-state index contributed by atoms with van der Waals surface area (Å²) < 4.78 is 12.9.